The first-order valence-corrected chi connectivity index (χ1v) is 4.98. The van der Waals surface area contributed by atoms with E-state index in [1.54, 1.807) is 23.5 Å². The maximum Gasteiger partial charge on any atom is 0.0310 e. The minimum absolute atomic E-state index is 0.742. The molecule has 68 valence electrons. The van der Waals surface area contributed by atoms with Crippen LogP contribution in [0.3, 0.4) is 0 Å². The Kier molecular flexibility index (Phi) is 4.06. The topological polar surface area (TPSA) is 26.0 Å². The summed E-state index contributed by atoms with van der Waals surface area (Å²) in [4.78, 5) is 1.35. The van der Waals surface area contributed by atoms with E-state index in [1.165, 1.54) is 4.88 Å². The molecular weight excluding hydrogens is 178 g/mol. The molecule has 0 saturated carbocycles. The highest BCUT2D eigenvalue weighted by Crippen LogP contribution is 2.09. The van der Waals surface area contributed by atoms with Crippen LogP contribution in [0.2, 0.25) is 0 Å². The number of nitrogens with two attached hydrogens (primary N) is 1. The summed E-state index contributed by atoms with van der Waals surface area (Å²) in [5, 5.41) is 2.08. The molecule has 0 aromatic carbocycles. The highest BCUT2D eigenvalue weighted by atomic mass is 32.1. The predicted molar refractivity (Wildman–Crippen MR) is 59.6 cm³/mol. The molecule has 0 amide bonds. The van der Waals surface area contributed by atoms with Crippen LogP contribution in [0.1, 0.15) is 4.88 Å². The number of hydrogen-bond donors (Lipinski definition) is 1. The Morgan fingerprint density at radius 1 is 1.62 bits per heavy atom. The summed E-state index contributed by atoms with van der Waals surface area (Å²) in [6.45, 7) is 3.57. The van der Waals surface area contributed by atoms with Crippen molar-refractivity contribution in [3.63, 3.8) is 0 Å². The van der Waals surface area contributed by atoms with Crippen LogP contribution in [-0.2, 0) is 6.42 Å². The molecule has 0 aliphatic heterocycles. The zero-order valence-electron chi connectivity index (χ0n) is 7.44. The van der Waals surface area contributed by atoms with Crippen LogP contribution in [0, 0.1) is 0 Å². The van der Waals surface area contributed by atoms with Gasteiger partial charge in [-0.2, -0.15) is 0 Å². The van der Waals surface area contributed by atoms with Crippen LogP contribution in [0.15, 0.2) is 54.1 Å². The maximum atomic E-state index is 5.63. The average Bonchev–Trinajstić information content (AvgIpc) is 2.57. The van der Waals surface area contributed by atoms with Crippen molar-refractivity contribution in [3.8, 4) is 0 Å². The standard InChI is InChI=1S/C11H13NS/c1-2-5-10(12)6-3-7-11-8-4-9-13-11/h2-6,8-9H,1,7,12H2/b6-3-,10-5+. The normalized spacial score (nSPS) is 12.2. The first kappa shape index (κ1) is 9.81. The molecule has 0 fully saturated rings. The van der Waals surface area contributed by atoms with Gasteiger partial charge in [0.25, 0.3) is 0 Å². The van der Waals surface area contributed by atoms with Crippen molar-refractivity contribution in [2.24, 2.45) is 5.73 Å². The van der Waals surface area contributed by atoms with E-state index in [2.05, 4.69) is 30.2 Å². The van der Waals surface area contributed by atoms with Crippen LogP contribution in [-0.4, -0.2) is 0 Å². The highest BCUT2D eigenvalue weighted by Gasteiger charge is 1.87. The molecule has 2 N–H and O–H groups in total. The summed E-state index contributed by atoms with van der Waals surface area (Å²) in [6.07, 6.45) is 8.38. The van der Waals surface area contributed by atoms with Crippen molar-refractivity contribution >= 4 is 11.3 Å². The third-order valence-corrected chi connectivity index (χ3v) is 2.42. The summed E-state index contributed by atoms with van der Waals surface area (Å²) < 4.78 is 0. The van der Waals surface area contributed by atoms with E-state index in [0.29, 0.717) is 0 Å². The third kappa shape index (κ3) is 3.76. The van der Waals surface area contributed by atoms with Gasteiger partial charge < -0.3 is 5.73 Å². The highest BCUT2D eigenvalue weighted by molar-refractivity contribution is 7.09. The fraction of sp³-hybridized carbons (Fsp3) is 0.0909. The van der Waals surface area contributed by atoms with Crippen LogP contribution in [0.4, 0.5) is 0 Å². The molecule has 1 aromatic heterocycles. The van der Waals surface area contributed by atoms with Crippen molar-refractivity contribution in [3.05, 3.63) is 59.0 Å². The van der Waals surface area contributed by atoms with Gasteiger partial charge in [-0.15, -0.1) is 11.3 Å². The largest absolute Gasteiger partial charge is 0.399 e. The molecular formula is C11H13NS. The second-order valence-corrected chi connectivity index (χ2v) is 3.62. The Bertz CT molecular complexity index is 307. The van der Waals surface area contributed by atoms with Crippen LogP contribution < -0.4 is 5.73 Å². The van der Waals surface area contributed by atoms with Crippen molar-refractivity contribution in [2.75, 3.05) is 0 Å². The van der Waals surface area contributed by atoms with E-state index < -0.39 is 0 Å². The van der Waals surface area contributed by atoms with Gasteiger partial charge in [0.15, 0.2) is 0 Å². The lowest BCUT2D eigenvalue weighted by Gasteiger charge is -1.89. The molecule has 0 unspecified atom stereocenters. The minimum Gasteiger partial charge on any atom is -0.399 e. The van der Waals surface area contributed by atoms with E-state index in [0.717, 1.165) is 12.1 Å². The van der Waals surface area contributed by atoms with E-state index in [4.69, 9.17) is 5.73 Å². The Balaban J connectivity index is 2.42. The Hall–Kier alpha value is -1.28. The quantitative estimate of drug-likeness (QED) is 0.728. The maximum absolute atomic E-state index is 5.63. The lowest BCUT2D eigenvalue weighted by Crippen LogP contribution is -1.91. The zero-order chi connectivity index (χ0) is 9.52. The zero-order valence-corrected chi connectivity index (χ0v) is 8.26. The Labute approximate surface area is 82.9 Å². The average molecular weight is 191 g/mol. The molecule has 2 heteroatoms. The van der Waals surface area contributed by atoms with Crippen LogP contribution >= 0.6 is 11.3 Å². The third-order valence-electron chi connectivity index (χ3n) is 1.52. The van der Waals surface area contributed by atoms with E-state index in [1.807, 2.05) is 6.08 Å². The van der Waals surface area contributed by atoms with Crippen molar-refractivity contribution in [1.29, 1.82) is 0 Å². The molecule has 1 heterocycles. The number of hydrogen-bond acceptors (Lipinski definition) is 2. The summed E-state index contributed by atoms with van der Waals surface area (Å²) in [7, 11) is 0. The molecule has 0 radical (unpaired) electrons. The molecule has 0 spiro atoms. The lowest BCUT2D eigenvalue weighted by atomic mass is 10.3. The minimum atomic E-state index is 0.742. The summed E-state index contributed by atoms with van der Waals surface area (Å²) >= 11 is 1.76. The number of rotatable bonds is 4. The SMILES string of the molecule is C=C/C=C(N)\C=C/Cc1cccs1. The fourth-order valence-corrected chi connectivity index (χ4v) is 1.61. The van der Waals surface area contributed by atoms with Crippen molar-refractivity contribution in [2.45, 2.75) is 6.42 Å². The second-order valence-electron chi connectivity index (χ2n) is 2.59. The first-order valence-electron chi connectivity index (χ1n) is 4.10. The summed E-state index contributed by atoms with van der Waals surface area (Å²) in [6, 6.07) is 4.17. The van der Waals surface area contributed by atoms with Gasteiger partial charge >= 0.3 is 0 Å². The van der Waals surface area contributed by atoms with Gasteiger partial charge in [-0.1, -0.05) is 24.8 Å². The number of thiophene rings is 1. The van der Waals surface area contributed by atoms with Gasteiger partial charge in [0, 0.05) is 17.0 Å². The molecule has 0 aliphatic carbocycles. The van der Waals surface area contributed by atoms with Crippen molar-refractivity contribution < 1.29 is 0 Å². The summed E-state index contributed by atoms with van der Waals surface area (Å²) in [5.74, 6) is 0. The molecule has 0 atom stereocenters. The first-order chi connectivity index (χ1) is 6.33. The van der Waals surface area contributed by atoms with E-state index in [-0.39, 0.29) is 0 Å². The van der Waals surface area contributed by atoms with Gasteiger partial charge in [0.05, 0.1) is 0 Å². The van der Waals surface area contributed by atoms with E-state index in [9.17, 15) is 0 Å². The Morgan fingerprint density at radius 3 is 3.08 bits per heavy atom. The van der Waals surface area contributed by atoms with Gasteiger partial charge in [-0.05, 0) is 23.6 Å². The summed E-state index contributed by atoms with van der Waals surface area (Å²) in [5.41, 5.74) is 6.37. The smallest absolute Gasteiger partial charge is 0.0310 e. The fourth-order valence-electron chi connectivity index (χ4n) is 0.932. The van der Waals surface area contributed by atoms with E-state index >= 15 is 0 Å². The molecule has 0 saturated heterocycles. The molecule has 1 nitrogen and oxygen atoms in total. The van der Waals surface area contributed by atoms with Gasteiger partial charge in [-0.25, -0.2) is 0 Å². The van der Waals surface area contributed by atoms with Crippen molar-refractivity contribution in [1.82, 2.24) is 0 Å². The van der Waals surface area contributed by atoms with Crippen LogP contribution in [0.25, 0.3) is 0 Å². The van der Waals surface area contributed by atoms with Gasteiger partial charge in [0.1, 0.15) is 0 Å². The molecule has 1 aromatic rings. The number of allylic oxidation sites excluding steroid dienone is 4. The van der Waals surface area contributed by atoms with Gasteiger partial charge in [-0.3, -0.25) is 0 Å². The molecule has 13 heavy (non-hydrogen) atoms. The van der Waals surface area contributed by atoms with Crippen LogP contribution in [0.5, 0.6) is 0 Å². The molecule has 1 rings (SSSR count). The lowest BCUT2D eigenvalue weighted by molar-refractivity contribution is 1.31. The van der Waals surface area contributed by atoms with Gasteiger partial charge in [0.2, 0.25) is 0 Å². The monoisotopic (exact) mass is 191 g/mol. The predicted octanol–water partition coefficient (Wildman–Crippen LogP) is 2.88. The second kappa shape index (κ2) is 5.38. The molecule has 0 aliphatic rings. The Morgan fingerprint density at radius 2 is 2.46 bits per heavy atom. The molecule has 0 bridgehead atoms.